The molecule has 4 heteroatoms. The third-order valence-electron chi connectivity index (χ3n) is 3.36. The minimum absolute atomic E-state index is 0.200. The summed E-state index contributed by atoms with van der Waals surface area (Å²) in [6.07, 6.45) is 4.50. The molecule has 1 heterocycles. The SMILES string of the molecule is CC(C)=CCNC1CCN(CC(=O)N(C)C)CC1. The number of rotatable bonds is 5. The predicted molar refractivity (Wildman–Crippen MR) is 75.6 cm³/mol. The highest BCUT2D eigenvalue weighted by Gasteiger charge is 2.20. The first kappa shape index (κ1) is 15.2. The summed E-state index contributed by atoms with van der Waals surface area (Å²) >= 11 is 0. The maximum absolute atomic E-state index is 11.6. The van der Waals surface area contributed by atoms with Crippen molar-refractivity contribution in [2.45, 2.75) is 32.7 Å². The molecule has 1 aliphatic heterocycles. The summed E-state index contributed by atoms with van der Waals surface area (Å²) in [5, 5.41) is 3.55. The van der Waals surface area contributed by atoms with E-state index in [-0.39, 0.29) is 5.91 Å². The Hall–Kier alpha value is -0.870. The van der Waals surface area contributed by atoms with E-state index in [4.69, 9.17) is 0 Å². The molecule has 4 nitrogen and oxygen atoms in total. The number of likely N-dealkylation sites (tertiary alicyclic amines) is 1. The molecule has 104 valence electrons. The fourth-order valence-electron chi connectivity index (χ4n) is 2.06. The first-order valence-corrected chi connectivity index (χ1v) is 6.78. The van der Waals surface area contributed by atoms with E-state index in [1.54, 1.807) is 4.90 Å². The lowest BCUT2D eigenvalue weighted by Crippen LogP contribution is -2.45. The van der Waals surface area contributed by atoms with Gasteiger partial charge in [-0.3, -0.25) is 9.69 Å². The van der Waals surface area contributed by atoms with Crippen LogP contribution in [0.25, 0.3) is 0 Å². The summed E-state index contributed by atoms with van der Waals surface area (Å²) in [7, 11) is 3.63. The molecule has 0 spiro atoms. The molecule has 0 atom stereocenters. The zero-order valence-corrected chi connectivity index (χ0v) is 12.2. The number of piperidine rings is 1. The monoisotopic (exact) mass is 253 g/mol. The van der Waals surface area contributed by atoms with Crippen LogP contribution < -0.4 is 5.32 Å². The number of nitrogens with one attached hydrogen (secondary N) is 1. The van der Waals surface area contributed by atoms with Gasteiger partial charge in [0.1, 0.15) is 0 Å². The molecule has 1 rings (SSSR count). The van der Waals surface area contributed by atoms with Crippen molar-refractivity contribution in [3.8, 4) is 0 Å². The molecule has 0 unspecified atom stereocenters. The maximum Gasteiger partial charge on any atom is 0.236 e. The van der Waals surface area contributed by atoms with E-state index in [0.717, 1.165) is 32.5 Å². The molecule has 0 bridgehead atoms. The molecule has 1 N–H and O–H groups in total. The van der Waals surface area contributed by atoms with Crippen molar-refractivity contribution < 1.29 is 4.79 Å². The first-order chi connectivity index (χ1) is 8.49. The molecule has 1 fully saturated rings. The molecule has 0 aromatic rings. The highest BCUT2D eigenvalue weighted by Crippen LogP contribution is 2.10. The number of amides is 1. The van der Waals surface area contributed by atoms with E-state index in [0.29, 0.717) is 12.6 Å². The van der Waals surface area contributed by atoms with Crippen molar-refractivity contribution in [1.29, 1.82) is 0 Å². The van der Waals surface area contributed by atoms with Crippen LogP contribution >= 0.6 is 0 Å². The number of carbonyl (C=O) groups excluding carboxylic acids is 1. The Bertz CT molecular complexity index is 287. The van der Waals surface area contributed by atoms with Gasteiger partial charge in [-0.25, -0.2) is 0 Å². The molecule has 0 radical (unpaired) electrons. The zero-order valence-electron chi connectivity index (χ0n) is 12.2. The Kier molecular flexibility index (Phi) is 6.36. The van der Waals surface area contributed by atoms with Crippen molar-refractivity contribution in [3.63, 3.8) is 0 Å². The maximum atomic E-state index is 11.6. The van der Waals surface area contributed by atoms with Gasteiger partial charge < -0.3 is 10.2 Å². The Morgan fingerprint density at radius 2 is 1.94 bits per heavy atom. The second-order valence-corrected chi connectivity index (χ2v) is 5.53. The van der Waals surface area contributed by atoms with E-state index >= 15 is 0 Å². The Balaban J connectivity index is 2.20. The minimum Gasteiger partial charge on any atom is -0.348 e. The smallest absolute Gasteiger partial charge is 0.236 e. The van der Waals surface area contributed by atoms with Crippen molar-refractivity contribution in [1.82, 2.24) is 15.1 Å². The number of hydrogen-bond donors (Lipinski definition) is 1. The summed E-state index contributed by atoms with van der Waals surface area (Å²) in [6.45, 7) is 7.81. The highest BCUT2D eigenvalue weighted by atomic mass is 16.2. The molecular weight excluding hydrogens is 226 g/mol. The van der Waals surface area contributed by atoms with Crippen molar-refractivity contribution in [3.05, 3.63) is 11.6 Å². The van der Waals surface area contributed by atoms with Crippen LogP contribution in [-0.2, 0) is 4.79 Å². The van der Waals surface area contributed by atoms with Gasteiger partial charge in [-0.05, 0) is 26.7 Å². The van der Waals surface area contributed by atoms with Crippen molar-refractivity contribution in [2.75, 3.05) is 40.3 Å². The Morgan fingerprint density at radius 3 is 2.44 bits per heavy atom. The lowest BCUT2D eigenvalue weighted by atomic mass is 10.0. The average Bonchev–Trinajstić information content (AvgIpc) is 2.30. The van der Waals surface area contributed by atoms with Crippen LogP contribution in [0.2, 0.25) is 0 Å². The fraction of sp³-hybridized carbons (Fsp3) is 0.786. The van der Waals surface area contributed by atoms with E-state index in [1.807, 2.05) is 14.1 Å². The standard InChI is InChI=1S/C14H27N3O/c1-12(2)5-8-15-13-6-9-17(10-7-13)11-14(18)16(3)4/h5,13,15H,6-11H2,1-4H3. The molecule has 0 aromatic heterocycles. The number of nitrogens with zero attached hydrogens (tertiary/aromatic N) is 2. The zero-order chi connectivity index (χ0) is 13.5. The molecular formula is C14H27N3O. The normalized spacial score (nSPS) is 17.6. The second kappa shape index (κ2) is 7.54. The molecule has 1 saturated heterocycles. The van der Waals surface area contributed by atoms with E-state index in [1.165, 1.54) is 5.57 Å². The van der Waals surface area contributed by atoms with Crippen LogP contribution in [0.1, 0.15) is 26.7 Å². The van der Waals surface area contributed by atoms with Gasteiger partial charge in [0.15, 0.2) is 0 Å². The summed E-state index contributed by atoms with van der Waals surface area (Å²) in [4.78, 5) is 15.5. The average molecular weight is 253 g/mol. The fourth-order valence-corrected chi connectivity index (χ4v) is 2.06. The first-order valence-electron chi connectivity index (χ1n) is 6.78. The van der Waals surface area contributed by atoms with Gasteiger partial charge in [0.25, 0.3) is 0 Å². The van der Waals surface area contributed by atoms with Crippen LogP contribution in [-0.4, -0.2) is 62.0 Å². The molecule has 0 saturated carbocycles. The summed E-state index contributed by atoms with van der Waals surface area (Å²) < 4.78 is 0. The third kappa shape index (κ3) is 5.65. The van der Waals surface area contributed by atoms with E-state index in [2.05, 4.69) is 30.1 Å². The van der Waals surface area contributed by atoms with Crippen LogP contribution in [0.5, 0.6) is 0 Å². The predicted octanol–water partition coefficient (Wildman–Crippen LogP) is 1.09. The summed E-state index contributed by atoms with van der Waals surface area (Å²) in [5.41, 5.74) is 1.36. The van der Waals surface area contributed by atoms with Crippen LogP contribution in [0.15, 0.2) is 11.6 Å². The van der Waals surface area contributed by atoms with Gasteiger partial charge in [-0.2, -0.15) is 0 Å². The molecule has 1 amide bonds. The lowest BCUT2D eigenvalue weighted by Gasteiger charge is -2.32. The number of allylic oxidation sites excluding steroid dienone is 1. The van der Waals surface area contributed by atoms with Crippen LogP contribution in [0.4, 0.5) is 0 Å². The third-order valence-corrected chi connectivity index (χ3v) is 3.36. The van der Waals surface area contributed by atoms with Crippen LogP contribution in [0, 0.1) is 0 Å². The Labute approximate surface area is 111 Å². The van der Waals surface area contributed by atoms with Crippen molar-refractivity contribution >= 4 is 5.91 Å². The number of carbonyl (C=O) groups is 1. The molecule has 0 aliphatic carbocycles. The lowest BCUT2D eigenvalue weighted by molar-refractivity contribution is -0.130. The highest BCUT2D eigenvalue weighted by molar-refractivity contribution is 5.77. The minimum atomic E-state index is 0.200. The van der Waals surface area contributed by atoms with Gasteiger partial charge in [0.05, 0.1) is 6.54 Å². The van der Waals surface area contributed by atoms with Gasteiger partial charge in [-0.1, -0.05) is 11.6 Å². The second-order valence-electron chi connectivity index (χ2n) is 5.53. The summed E-state index contributed by atoms with van der Waals surface area (Å²) in [6, 6.07) is 0.603. The van der Waals surface area contributed by atoms with Crippen LogP contribution in [0.3, 0.4) is 0 Å². The summed E-state index contributed by atoms with van der Waals surface area (Å²) in [5.74, 6) is 0.200. The molecule has 18 heavy (non-hydrogen) atoms. The van der Waals surface area contributed by atoms with Gasteiger partial charge in [0, 0.05) is 39.8 Å². The van der Waals surface area contributed by atoms with Crippen molar-refractivity contribution in [2.24, 2.45) is 0 Å². The van der Waals surface area contributed by atoms with Gasteiger partial charge >= 0.3 is 0 Å². The van der Waals surface area contributed by atoms with E-state index < -0.39 is 0 Å². The largest absolute Gasteiger partial charge is 0.348 e. The number of likely N-dealkylation sites (N-methyl/N-ethyl adjacent to an activating group) is 1. The Morgan fingerprint density at radius 1 is 1.33 bits per heavy atom. The quantitative estimate of drug-likeness (QED) is 0.745. The molecule has 0 aromatic carbocycles. The van der Waals surface area contributed by atoms with Gasteiger partial charge in [0.2, 0.25) is 5.91 Å². The topological polar surface area (TPSA) is 35.6 Å². The van der Waals surface area contributed by atoms with E-state index in [9.17, 15) is 4.79 Å². The molecule has 1 aliphatic rings. The van der Waals surface area contributed by atoms with Gasteiger partial charge in [-0.15, -0.1) is 0 Å². The number of hydrogen-bond acceptors (Lipinski definition) is 3.